The zero-order valence-corrected chi connectivity index (χ0v) is 8.33. The number of aromatic nitrogens is 2. The monoisotopic (exact) mass is 215 g/mol. The van der Waals surface area contributed by atoms with Crippen LogP contribution >= 0.6 is 0 Å². The van der Waals surface area contributed by atoms with E-state index in [0.717, 1.165) is 6.08 Å². The van der Waals surface area contributed by atoms with Crippen LogP contribution in [0.2, 0.25) is 0 Å². The van der Waals surface area contributed by atoms with Gasteiger partial charge >= 0.3 is 0 Å². The van der Waals surface area contributed by atoms with Crippen LogP contribution in [0.15, 0.2) is 41.5 Å². The number of amides is 1. The van der Waals surface area contributed by atoms with Gasteiger partial charge in [-0.1, -0.05) is 12.1 Å². The summed E-state index contributed by atoms with van der Waals surface area (Å²) >= 11 is 0. The fourth-order valence-corrected chi connectivity index (χ4v) is 1.34. The zero-order valence-electron chi connectivity index (χ0n) is 8.33. The Morgan fingerprint density at radius 2 is 2.12 bits per heavy atom. The van der Waals surface area contributed by atoms with Crippen molar-refractivity contribution in [2.45, 2.75) is 0 Å². The quantitative estimate of drug-likeness (QED) is 0.734. The van der Waals surface area contributed by atoms with Gasteiger partial charge in [0.2, 0.25) is 5.91 Å². The van der Waals surface area contributed by atoms with Crippen LogP contribution in [0.1, 0.15) is 0 Å². The number of carbonyl (C=O) groups is 1. The zero-order chi connectivity index (χ0) is 11.5. The summed E-state index contributed by atoms with van der Waals surface area (Å²) in [6.45, 7) is 0. The highest BCUT2D eigenvalue weighted by atomic mass is 16.1. The molecule has 0 bridgehead atoms. The molecule has 2 rings (SSSR count). The molecule has 1 aromatic heterocycles. The lowest BCUT2D eigenvalue weighted by Gasteiger charge is -1.99. The molecule has 1 amide bonds. The van der Waals surface area contributed by atoms with Crippen LogP contribution < -0.4 is 11.3 Å². The second-order valence-electron chi connectivity index (χ2n) is 3.19. The van der Waals surface area contributed by atoms with Crippen LogP contribution in [-0.2, 0) is 4.79 Å². The predicted molar refractivity (Wildman–Crippen MR) is 60.5 cm³/mol. The van der Waals surface area contributed by atoms with Crippen molar-refractivity contribution in [2.75, 3.05) is 0 Å². The number of rotatable bonds is 2. The van der Waals surface area contributed by atoms with Crippen molar-refractivity contribution >= 4 is 23.0 Å². The van der Waals surface area contributed by atoms with Gasteiger partial charge in [-0.05, 0) is 12.1 Å². The maximum absolute atomic E-state index is 11.9. The van der Waals surface area contributed by atoms with E-state index in [2.05, 4.69) is 4.98 Å². The minimum Gasteiger partial charge on any atom is -0.366 e. The van der Waals surface area contributed by atoms with Crippen molar-refractivity contribution in [3.05, 3.63) is 47.0 Å². The molecule has 0 saturated heterocycles. The average Bonchev–Trinajstić information content (AvgIpc) is 2.28. The Morgan fingerprint density at radius 1 is 1.38 bits per heavy atom. The van der Waals surface area contributed by atoms with Crippen molar-refractivity contribution < 1.29 is 4.79 Å². The normalized spacial score (nSPS) is 11.0. The maximum Gasteiger partial charge on any atom is 0.265 e. The van der Waals surface area contributed by atoms with Crippen molar-refractivity contribution in [2.24, 2.45) is 5.73 Å². The molecule has 0 aliphatic rings. The van der Waals surface area contributed by atoms with E-state index in [1.54, 1.807) is 24.3 Å². The highest BCUT2D eigenvalue weighted by molar-refractivity contribution is 5.88. The summed E-state index contributed by atoms with van der Waals surface area (Å²) in [6, 6.07) is 6.99. The third-order valence-electron chi connectivity index (χ3n) is 2.09. The topological polar surface area (TPSA) is 78.0 Å². The highest BCUT2D eigenvalue weighted by Crippen LogP contribution is 2.04. The van der Waals surface area contributed by atoms with Gasteiger partial charge in [0.1, 0.15) is 6.33 Å². The first-order valence-electron chi connectivity index (χ1n) is 4.62. The Labute approximate surface area is 90.8 Å². The first-order valence-corrected chi connectivity index (χ1v) is 4.62. The number of benzene rings is 1. The molecule has 0 spiro atoms. The highest BCUT2D eigenvalue weighted by Gasteiger charge is 2.00. The minimum absolute atomic E-state index is 0.233. The van der Waals surface area contributed by atoms with Gasteiger partial charge in [0, 0.05) is 12.3 Å². The molecular formula is C11H9N3O2. The van der Waals surface area contributed by atoms with E-state index in [1.165, 1.54) is 17.1 Å². The van der Waals surface area contributed by atoms with E-state index >= 15 is 0 Å². The number of carbonyl (C=O) groups excluding carboxylic acids is 1. The van der Waals surface area contributed by atoms with Gasteiger partial charge < -0.3 is 5.73 Å². The van der Waals surface area contributed by atoms with E-state index in [4.69, 9.17) is 5.73 Å². The average molecular weight is 215 g/mol. The van der Waals surface area contributed by atoms with Gasteiger partial charge in [0.25, 0.3) is 5.56 Å². The summed E-state index contributed by atoms with van der Waals surface area (Å²) < 4.78 is 1.22. The first kappa shape index (κ1) is 10.1. The number of hydrogen-bond acceptors (Lipinski definition) is 3. The van der Waals surface area contributed by atoms with Gasteiger partial charge in [0.05, 0.1) is 10.9 Å². The third-order valence-corrected chi connectivity index (χ3v) is 2.09. The Kier molecular flexibility index (Phi) is 2.51. The fraction of sp³-hybridized carbons (Fsp3) is 0. The van der Waals surface area contributed by atoms with Crippen LogP contribution in [0.3, 0.4) is 0 Å². The number of nitrogens with zero attached hydrogens (tertiary/aromatic N) is 2. The SMILES string of the molecule is NC(=O)C=Cn1cnc2ccccc2c1=O. The Balaban J connectivity index is 2.61. The molecule has 1 aromatic carbocycles. The summed E-state index contributed by atoms with van der Waals surface area (Å²) in [5.74, 6) is -0.611. The van der Waals surface area contributed by atoms with Crippen molar-refractivity contribution in [1.29, 1.82) is 0 Å². The molecule has 0 atom stereocenters. The number of primary amides is 1. The Morgan fingerprint density at radius 3 is 2.88 bits per heavy atom. The lowest BCUT2D eigenvalue weighted by atomic mass is 10.2. The van der Waals surface area contributed by atoms with Gasteiger partial charge in [-0.25, -0.2) is 4.98 Å². The summed E-state index contributed by atoms with van der Waals surface area (Å²) in [7, 11) is 0. The molecule has 0 radical (unpaired) electrons. The largest absolute Gasteiger partial charge is 0.366 e. The van der Waals surface area contributed by atoms with E-state index < -0.39 is 5.91 Å². The van der Waals surface area contributed by atoms with Crippen LogP contribution in [-0.4, -0.2) is 15.5 Å². The number of fused-ring (bicyclic) bond motifs is 1. The first-order chi connectivity index (χ1) is 7.68. The maximum atomic E-state index is 11.9. The molecule has 0 aliphatic carbocycles. The van der Waals surface area contributed by atoms with E-state index in [0.29, 0.717) is 10.9 Å². The van der Waals surface area contributed by atoms with Crippen molar-refractivity contribution in [3.63, 3.8) is 0 Å². The van der Waals surface area contributed by atoms with Gasteiger partial charge in [0.15, 0.2) is 0 Å². The number of hydrogen-bond donors (Lipinski definition) is 1. The lowest BCUT2D eigenvalue weighted by molar-refractivity contribution is -0.113. The molecule has 2 N–H and O–H groups in total. The number of nitrogens with two attached hydrogens (primary N) is 1. The third kappa shape index (κ3) is 1.83. The van der Waals surface area contributed by atoms with Crippen LogP contribution in [0.25, 0.3) is 17.1 Å². The Hall–Kier alpha value is -2.43. The molecule has 1 heterocycles. The molecular weight excluding hydrogens is 206 g/mol. The molecule has 2 aromatic rings. The molecule has 5 heteroatoms. The second kappa shape index (κ2) is 3.98. The minimum atomic E-state index is -0.611. The van der Waals surface area contributed by atoms with Crippen molar-refractivity contribution in [3.8, 4) is 0 Å². The van der Waals surface area contributed by atoms with Gasteiger partial charge in [-0.3, -0.25) is 14.2 Å². The van der Waals surface area contributed by atoms with E-state index in [1.807, 2.05) is 0 Å². The summed E-state index contributed by atoms with van der Waals surface area (Å²) in [5.41, 5.74) is 5.33. The predicted octanol–water partition coefficient (Wildman–Crippen LogP) is 0.352. The fourth-order valence-electron chi connectivity index (χ4n) is 1.34. The lowest BCUT2D eigenvalue weighted by Crippen LogP contribution is -2.17. The molecule has 16 heavy (non-hydrogen) atoms. The molecule has 0 unspecified atom stereocenters. The summed E-state index contributed by atoms with van der Waals surface area (Å²) in [5, 5.41) is 0.499. The smallest absolute Gasteiger partial charge is 0.265 e. The second-order valence-corrected chi connectivity index (χ2v) is 3.19. The summed E-state index contributed by atoms with van der Waals surface area (Å²) in [4.78, 5) is 26.5. The number of para-hydroxylation sites is 1. The van der Waals surface area contributed by atoms with Gasteiger partial charge in [-0.2, -0.15) is 0 Å². The molecule has 80 valence electrons. The van der Waals surface area contributed by atoms with Crippen LogP contribution in [0, 0.1) is 0 Å². The van der Waals surface area contributed by atoms with Gasteiger partial charge in [-0.15, -0.1) is 0 Å². The molecule has 0 aliphatic heterocycles. The standard InChI is InChI=1S/C11H9N3O2/c12-10(15)5-6-14-7-13-9-4-2-1-3-8(9)11(14)16/h1-7H,(H2,12,15). The van der Waals surface area contributed by atoms with Crippen molar-refractivity contribution in [1.82, 2.24) is 9.55 Å². The van der Waals surface area contributed by atoms with Crippen LogP contribution in [0.5, 0.6) is 0 Å². The summed E-state index contributed by atoms with van der Waals surface area (Å²) in [6.07, 6.45) is 3.76. The Bertz CT molecular complexity index is 628. The van der Waals surface area contributed by atoms with E-state index in [-0.39, 0.29) is 5.56 Å². The van der Waals surface area contributed by atoms with Crippen LogP contribution in [0.4, 0.5) is 0 Å². The molecule has 5 nitrogen and oxygen atoms in total. The molecule has 0 saturated carbocycles. The molecule has 0 fully saturated rings. The van der Waals surface area contributed by atoms with E-state index in [9.17, 15) is 9.59 Å².